The molecule has 0 aromatic carbocycles. The lowest BCUT2D eigenvalue weighted by molar-refractivity contribution is -0.134. The third-order valence-electron chi connectivity index (χ3n) is 7.26. The average molecular weight is 457 g/mol. The largest absolute Gasteiger partial charge is 0.355 e. The van der Waals surface area contributed by atoms with E-state index >= 15 is 0 Å². The van der Waals surface area contributed by atoms with E-state index in [9.17, 15) is 9.59 Å². The molecule has 2 saturated heterocycles. The Hall–Kier alpha value is -0.970. The van der Waals surface area contributed by atoms with Crippen molar-refractivity contribution in [2.45, 2.75) is 88.1 Å². The minimum Gasteiger partial charge on any atom is -0.355 e. The van der Waals surface area contributed by atoms with Crippen LogP contribution in [0.4, 0.5) is 0 Å². The van der Waals surface area contributed by atoms with E-state index in [1.165, 1.54) is 6.42 Å². The molecule has 2 aliphatic heterocycles. The molecule has 6 N–H and O–H groups in total. The molecular formula is C21H37ClN6O3. The summed E-state index contributed by atoms with van der Waals surface area (Å²) in [5, 5.41) is 10.2. The average Bonchev–Trinajstić information content (AvgIpc) is 3.26. The van der Waals surface area contributed by atoms with E-state index in [-0.39, 0.29) is 36.3 Å². The summed E-state index contributed by atoms with van der Waals surface area (Å²) in [4.78, 5) is 29.9. The van der Waals surface area contributed by atoms with Crippen LogP contribution in [0.3, 0.4) is 0 Å². The number of carbonyl (C=O) groups is 2. The third-order valence-corrected chi connectivity index (χ3v) is 7.69. The highest BCUT2D eigenvalue weighted by atomic mass is 35.5. The van der Waals surface area contributed by atoms with E-state index in [0.717, 1.165) is 44.9 Å². The number of alkyl halides is 1. The van der Waals surface area contributed by atoms with Crippen LogP contribution in [0.25, 0.3) is 0 Å². The molecular weight excluding hydrogens is 420 g/mol. The van der Waals surface area contributed by atoms with Crippen molar-refractivity contribution in [3.63, 3.8) is 0 Å². The van der Waals surface area contributed by atoms with Crippen molar-refractivity contribution in [3.8, 4) is 0 Å². The maximum Gasteiger partial charge on any atom is 0.237 e. The Morgan fingerprint density at radius 3 is 2.74 bits per heavy atom. The molecule has 176 valence electrons. The van der Waals surface area contributed by atoms with Crippen molar-refractivity contribution < 1.29 is 14.4 Å². The molecule has 4 aliphatic rings. The van der Waals surface area contributed by atoms with E-state index in [1.807, 2.05) is 0 Å². The summed E-state index contributed by atoms with van der Waals surface area (Å²) in [7, 11) is 0. The van der Waals surface area contributed by atoms with Gasteiger partial charge in [0, 0.05) is 36.7 Å². The molecule has 0 spiro atoms. The van der Waals surface area contributed by atoms with Crippen molar-refractivity contribution in [1.29, 1.82) is 0 Å². The minimum absolute atomic E-state index is 0.0266. The van der Waals surface area contributed by atoms with Crippen LogP contribution >= 0.6 is 11.6 Å². The van der Waals surface area contributed by atoms with Crippen molar-refractivity contribution >= 4 is 23.4 Å². The lowest BCUT2D eigenvalue weighted by atomic mass is 9.76. The van der Waals surface area contributed by atoms with Crippen LogP contribution in [0.5, 0.6) is 0 Å². The maximum atomic E-state index is 12.2. The molecule has 2 amide bonds. The molecule has 0 aromatic rings. The second-order valence-electron chi connectivity index (χ2n) is 9.39. The van der Waals surface area contributed by atoms with E-state index in [0.29, 0.717) is 43.1 Å². The SMILES string of the molecule is O=C(CCC1NC(C2CCC(Cl)CC2)NO1)NCCNC1NNC(=O)C2CCCCC12. The standard InChI is InChI=1S/C21H37ClN6O3/c22-14-7-5-13(6-8-14)19-25-18(31-28-19)10-9-17(29)23-11-12-24-20-15-3-1-2-4-16(15)21(30)27-26-20/h13-16,18-20,24-26,28H,1-12H2,(H,23,29)(H,27,30). The Balaban J connectivity index is 1.08. The van der Waals surface area contributed by atoms with Gasteiger partial charge >= 0.3 is 0 Å². The fourth-order valence-electron chi connectivity index (χ4n) is 5.43. The molecule has 4 rings (SSSR count). The van der Waals surface area contributed by atoms with E-state index in [4.69, 9.17) is 16.4 Å². The van der Waals surface area contributed by atoms with Gasteiger partial charge in [-0.1, -0.05) is 12.8 Å². The zero-order chi connectivity index (χ0) is 21.6. The van der Waals surface area contributed by atoms with Crippen LogP contribution in [0, 0.1) is 17.8 Å². The van der Waals surface area contributed by atoms with E-state index in [2.05, 4.69) is 32.3 Å². The van der Waals surface area contributed by atoms with Gasteiger partial charge in [0.25, 0.3) is 0 Å². The lowest BCUT2D eigenvalue weighted by Crippen LogP contribution is -2.64. The Labute approximate surface area is 189 Å². The number of carbonyl (C=O) groups excluding carboxylic acids is 2. The van der Waals surface area contributed by atoms with Gasteiger partial charge in [-0.3, -0.25) is 30.5 Å². The normalized spacial score (nSPS) is 38.4. The Bertz CT molecular complexity index is 618. The number of hydroxylamine groups is 1. The van der Waals surface area contributed by atoms with Gasteiger partial charge in [-0.25, -0.2) is 5.43 Å². The molecule has 31 heavy (non-hydrogen) atoms. The van der Waals surface area contributed by atoms with E-state index < -0.39 is 0 Å². The van der Waals surface area contributed by atoms with Crippen LogP contribution in [0.15, 0.2) is 0 Å². The first-order valence-corrected chi connectivity index (χ1v) is 12.4. The molecule has 0 radical (unpaired) electrons. The zero-order valence-corrected chi connectivity index (χ0v) is 18.9. The van der Waals surface area contributed by atoms with Gasteiger partial charge < -0.3 is 5.32 Å². The third kappa shape index (κ3) is 6.30. The summed E-state index contributed by atoms with van der Waals surface area (Å²) < 4.78 is 0. The van der Waals surface area contributed by atoms with Crippen LogP contribution in [0.1, 0.15) is 64.2 Å². The molecule has 4 fully saturated rings. The first-order chi connectivity index (χ1) is 15.1. The second kappa shape index (κ2) is 11.2. The Morgan fingerprint density at radius 2 is 1.90 bits per heavy atom. The fraction of sp³-hybridized carbons (Fsp3) is 0.905. The lowest BCUT2D eigenvalue weighted by Gasteiger charge is -2.41. The number of fused-ring (bicyclic) bond motifs is 1. The molecule has 10 heteroatoms. The van der Waals surface area contributed by atoms with Crippen molar-refractivity contribution in [3.05, 3.63) is 0 Å². The van der Waals surface area contributed by atoms with E-state index in [1.54, 1.807) is 0 Å². The number of hydrazine groups is 1. The molecule has 5 atom stereocenters. The number of hydrogen-bond donors (Lipinski definition) is 6. The summed E-state index contributed by atoms with van der Waals surface area (Å²) in [6, 6.07) is 0. The monoisotopic (exact) mass is 456 g/mol. The zero-order valence-electron chi connectivity index (χ0n) is 18.1. The predicted octanol–water partition coefficient (Wildman–Crippen LogP) is 0.814. The molecule has 2 heterocycles. The molecule has 5 unspecified atom stereocenters. The highest BCUT2D eigenvalue weighted by Gasteiger charge is 2.39. The van der Waals surface area contributed by atoms with Gasteiger partial charge in [0.2, 0.25) is 11.8 Å². The van der Waals surface area contributed by atoms with Crippen LogP contribution in [0.2, 0.25) is 0 Å². The van der Waals surface area contributed by atoms with Gasteiger partial charge in [-0.15, -0.1) is 11.6 Å². The van der Waals surface area contributed by atoms with Gasteiger partial charge in [-0.05, 0) is 50.9 Å². The predicted molar refractivity (Wildman–Crippen MR) is 117 cm³/mol. The quantitative estimate of drug-likeness (QED) is 0.236. The molecule has 9 nitrogen and oxygen atoms in total. The molecule has 2 aliphatic carbocycles. The Kier molecular flexibility index (Phi) is 8.42. The number of nitrogens with one attached hydrogen (secondary N) is 6. The van der Waals surface area contributed by atoms with Gasteiger partial charge in [0.1, 0.15) is 6.23 Å². The highest BCUT2D eigenvalue weighted by molar-refractivity contribution is 6.20. The first kappa shape index (κ1) is 23.2. The minimum atomic E-state index is -0.138. The summed E-state index contributed by atoms with van der Waals surface area (Å²) in [6.45, 7) is 1.22. The summed E-state index contributed by atoms with van der Waals surface area (Å²) in [6.07, 6.45) is 9.76. The topological polar surface area (TPSA) is 116 Å². The number of halogens is 1. The van der Waals surface area contributed by atoms with Gasteiger partial charge in [0.05, 0.1) is 12.3 Å². The van der Waals surface area contributed by atoms with Gasteiger partial charge in [-0.2, -0.15) is 5.48 Å². The number of amides is 2. The highest BCUT2D eigenvalue weighted by Crippen LogP contribution is 2.33. The number of rotatable bonds is 8. The number of hydrogen-bond acceptors (Lipinski definition) is 7. The molecule has 2 saturated carbocycles. The van der Waals surface area contributed by atoms with Crippen LogP contribution < -0.4 is 32.3 Å². The summed E-state index contributed by atoms with van der Waals surface area (Å²) in [5.74, 6) is 1.09. The van der Waals surface area contributed by atoms with Crippen molar-refractivity contribution in [1.82, 2.24) is 32.3 Å². The smallest absolute Gasteiger partial charge is 0.237 e. The van der Waals surface area contributed by atoms with Gasteiger partial charge in [0.15, 0.2) is 0 Å². The second-order valence-corrected chi connectivity index (χ2v) is 10.0. The Morgan fingerprint density at radius 1 is 1.10 bits per heavy atom. The summed E-state index contributed by atoms with van der Waals surface area (Å²) in [5.41, 5.74) is 8.98. The summed E-state index contributed by atoms with van der Waals surface area (Å²) >= 11 is 6.19. The first-order valence-electron chi connectivity index (χ1n) is 12.0. The van der Waals surface area contributed by atoms with Crippen LogP contribution in [-0.2, 0) is 14.4 Å². The van der Waals surface area contributed by atoms with Crippen LogP contribution in [-0.4, -0.2) is 48.8 Å². The molecule has 0 bridgehead atoms. The molecule has 0 aromatic heterocycles. The fourth-order valence-corrected chi connectivity index (χ4v) is 5.68. The van der Waals surface area contributed by atoms with Crippen molar-refractivity contribution in [2.24, 2.45) is 17.8 Å². The maximum absolute atomic E-state index is 12.2. The van der Waals surface area contributed by atoms with Crippen molar-refractivity contribution in [2.75, 3.05) is 13.1 Å².